The molecule has 0 saturated heterocycles. The predicted molar refractivity (Wildman–Crippen MR) is 68.8 cm³/mol. The second-order valence-electron chi connectivity index (χ2n) is 3.88. The summed E-state index contributed by atoms with van der Waals surface area (Å²) in [6, 6.07) is 3.64. The molecule has 1 heterocycles. The number of carbonyl (C=O) groups excluding carboxylic acids is 2. The van der Waals surface area contributed by atoms with E-state index in [9.17, 15) is 9.59 Å². The molecule has 0 amide bonds. The number of rotatable bonds is 6. The first-order valence-electron chi connectivity index (χ1n) is 5.90. The van der Waals surface area contributed by atoms with Gasteiger partial charge in [0.2, 0.25) is 0 Å². The third-order valence-electron chi connectivity index (χ3n) is 2.31. The van der Waals surface area contributed by atoms with Crippen molar-refractivity contribution in [3.8, 4) is 0 Å². The fourth-order valence-electron chi connectivity index (χ4n) is 1.43. The van der Waals surface area contributed by atoms with E-state index in [1.54, 1.807) is 31.5 Å². The van der Waals surface area contributed by atoms with Gasteiger partial charge in [0.05, 0.1) is 6.61 Å². The smallest absolute Gasteiger partial charge is 0.334 e. The predicted octanol–water partition coefficient (Wildman–Crippen LogP) is 2.40. The molecule has 1 aromatic rings. The molecule has 4 heteroatoms. The highest BCUT2D eigenvalue weighted by Crippen LogP contribution is 2.13. The number of carbonyl (C=O) groups is 2. The number of hydrogen-bond donors (Lipinski definition) is 0. The first-order valence-corrected chi connectivity index (χ1v) is 5.90. The Labute approximate surface area is 107 Å². The van der Waals surface area contributed by atoms with E-state index in [1.807, 2.05) is 6.07 Å². The van der Waals surface area contributed by atoms with E-state index in [4.69, 9.17) is 4.74 Å². The lowest BCUT2D eigenvalue weighted by Crippen LogP contribution is -2.08. The molecule has 1 aromatic heterocycles. The van der Waals surface area contributed by atoms with Gasteiger partial charge in [0.1, 0.15) is 5.78 Å². The molecule has 1 rings (SSSR count). The van der Waals surface area contributed by atoms with Crippen LogP contribution in [0.4, 0.5) is 0 Å². The first kappa shape index (κ1) is 14.1. The molecule has 0 aliphatic carbocycles. The van der Waals surface area contributed by atoms with Crippen LogP contribution in [0.2, 0.25) is 0 Å². The molecule has 0 radical (unpaired) electrons. The van der Waals surface area contributed by atoms with E-state index < -0.39 is 0 Å². The van der Waals surface area contributed by atoms with Crippen LogP contribution in [0.25, 0.3) is 6.08 Å². The topological polar surface area (TPSA) is 56.3 Å². The molecular formula is C14H17NO3. The van der Waals surface area contributed by atoms with Crippen molar-refractivity contribution in [1.29, 1.82) is 0 Å². The monoisotopic (exact) mass is 247 g/mol. The van der Waals surface area contributed by atoms with Gasteiger partial charge >= 0.3 is 5.97 Å². The van der Waals surface area contributed by atoms with Gasteiger partial charge < -0.3 is 9.53 Å². The van der Waals surface area contributed by atoms with E-state index in [-0.39, 0.29) is 11.8 Å². The summed E-state index contributed by atoms with van der Waals surface area (Å²) in [5.41, 5.74) is 1.32. The van der Waals surface area contributed by atoms with Crippen LogP contribution in [0.15, 0.2) is 30.1 Å². The molecule has 96 valence electrons. The van der Waals surface area contributed by atoms with Crippen molar-refractivity contribution in [3.05, 3.63) is 35.7 Å². The fraction of sp³-hybridized carbons (Fsp3) is 0.357. The number of pyridine rings is 1. The molecule has 0 atom stereocenters. The van der Waals surface area contributed by atoms with Gasteiger partial charge in [-0.05, 0) is 38.0 Å². The maximum atomic E-state index is 11.7. The highest BCUT2D eigenvalue weighted by molar-refractivity contribution is 5.94. The molecule has 0 spiro atoms. The molecule has 18 heavy (non-hydrogen) atoms. The zero-order chi connectivity index (χ0) is 13.4. The van der Waals surface area contributed by atoms with Crippen LogP contribution >= 0.6 is 0 Å². The Bertz CT molecular complexity index is 438. The summed E-state index contributed by atoms with van der Waals surface area (Å²) < 4.78 is 4.97. The molecule has 0 aromatic carbocycles. The van der Waals surface area contributed by atoms with Crippen LogP contribution in [0.1, 0.15) is 32.3 Å². The van der Waals surface area contributed by atoms with Crippen LogP contribution in [-0.2, 0) is 14.3 Å². The van der Waals surface area contributed by atoms with Crippen molar-refractivity contribution in [2.45, 2.75) is 26.7 Å². The maximum absolute atomic E-state index is 11.7. The zero-order valence-corrected chi connectivity index (χ0v) is 10.7. The molecule has 4 nitrogen and oxygen atoms in total. The molecule has 0 unspecified atom stereocenters. The van der Waals surface area contributed by atoms with Crippen LogP contribution < -0.4 is 0 Å². The second kappa shape index (κ2) is 7.37. The largest absolute Gasteiger partial charge is 0.463 e. The number of hydrogen-bond acceptors (Lipinski definition) is 4. The zero-order valence-electron chi connectivity index (χ0n) is 10.7. The Hall–Kier alpha value is -1.97. The summed E-state index contributed by atoms with van der Waals surface area (Å²) in [6.45, 7) is 3.58. The van der Waals surface area contributed by atoms with E-state index in [0.29, 0.717) is 25.0 Å². The number of ether oxygens (including phenoxy) is 1. The minimum absolute atomic E-state index is 0.0522. The van der Waals surface area contributed by atoms with Crippen molar-refractivity contribution in [2.75, 3.05) is 6.61 Å². The van der Waals surface area contributed by atoms with Crippen molar-refractivity contribution in [3.63, 3.8) is 0 Å². The van der Waals surface area contributed by atoms with Gasteiger partial charge in [-0.3, -0.25) is 4.98 Å². The lowest BCUT2D eigenvalue weighted by Gasteiger charge is -2.06. The van der Waals surface area contributed by atoms with E-state index in [1.165, 1.54) is 6.92 Å². The summed E-state index contributed by atoms with van der Waals surface area (Å²) in [5.74, 6) is -0.320. The average Bonchev–Trinajstić information content (AvgIpc) is 2.35. The van der Waals surface area contributed by atoms with E-state index >= 15 is 0 Å². The summed E-state index contributed by atoms with van der Waals surface area (Å²) in [5, 5.41) is 0. The van der Waals surface area contributed by atoms with Crippen LogP contribution in [0, 0.1) is 0 Å². The molecule has 0 aliphatic rings. The van der Waals surface area contributed by atoms with Gasteiger partial charge in [0.15, 0.2) is 0 Å². The highest BCUT2D eigenvalue weighted by atomic mass is 16.5. The van der Waals surface area contributed by atoms with Crippen molar-refractivity contribution >= 4 is 17.8 Å². The van der Waals surface area contributed by atoms with Crippen LogP contribution in [0.3, 0.4) is 0 Å². The van der Waals surface area contributed by atoms with Gasteiger partial charge in [-0.1, -0.05) is 6.07 Å². The van der Waals surface area contributed by atoms with Gasteiger partial charge in [-0.15, -0.1) is 0 Å². The van der Waals surface area contributed by atoms with Gasteiger partial charge in [0.25, 0.3) is 0 Å². The van der Waals surface area contributed by atoms with Crippen LogP contribution in [0.5, 0.6) is 0 Å². The number of esters is 1. The summed E-state index contributed by atoms with van der Waals surface area (Å²) in [6.07, 6.45) is 5.77. The molecule has 0 saturated carbocycles. The Balaban J connectivity index is 2.85. The van der Waals surface area contributed by atoms with Crippen molar-refractivity contribution in [2.24, 2.45) is 0 Å². The Kier molecular flexibility index (Phi) is 5.77. The Morgan fingerprint density at radius 1 is 1.39 bits per heavy atom. The minimum Gasteiger partial charge on any atom is -0.463 e. The van der Waals surface area contributed by atoms with E-state index in [2.05, 4.69) is 4.98 Å². The number of Topliss-reactive ketones (excluding diaryl/α,β-unsaturated/α-hetero) is 1. The minimum atomic E-state index is -0.373. The first-order chi connectivity index (χ1) is 8.63. The normalized spacial score (nSPS) is 11.1. The van der Waals surface area contributed by atoms with Gasteiger partial charge in [-0.25, -0.2) is 4.79 Å². The quantitative estimate of drug-likeness (QED) is 0.572. The fourth-order valence-corrected chi connectivity index (χ4v) is 1.43. The summed E-state index contributed by atoms with van der Waals surface area (Å²) >= 11 is 0. The van der Waals surface area contributed by atoms with Gasteiger partial charge in [-0.2, -0.15) is 0 Å². The van der Waals surface area contributed by atoms with Crippen molar-refractivity contribution < 1.29 is 14.3 Å². The highest BCUT2D eigenvalue weighted by Gasteiger charge is 2.11. The number of ketones is 1. The molecule has 0 N–H and O–H groups in total. The van der Waals surface area contributed by atoms with Crippen LogP contribution in [-0.4, -0.2) is 23.3 Å². The standard InChI is InChI=1S/C14H17NO3/c1-3-18-14(17)13(7-6-11(2)16)9-12-5-4-8-15-10-12/h4-5,8-10H,3,6-7H2,1-2H3/b13-9-. The molecule has 0 fully saturated rings. The average molecular weight is 247 g/mol. The van der Waals surface area contributed by atoms with Crippen molar-refractivity contribution in [1.82, 2.24) is 4.98 Å². The van der Waals surface area contributed by atoms with Gasteiger partial charge in [0, 0.05) is 24.4 Å². The number of nitrogens with zero attached hydrogens (tertiary/aromatic N) is 1. The summed E-state index contributed by atoms with van der Waals surface area (Å²) in [7, 11) is 0. The maximum Gasteiger partial charge on any atom is 0.334 e. The molecule has 0 bridgehead atoms. The molecule has 0 aliphatic heterocycles. The second-order valence-corrected chi connectivity index (χ2v) is 3.88. The summed E-state index contributed by atoms with van der Waals surface area (Å²) in [4.78, 5) is 26.7. The third-order valence-corrected chi connectivity index (χ3v) is 2.31. The lowest BCUT2D eigenvalue weighted by atomic mass is 10.1. The third kappa shape index (κ3) is 4.91. The SMILES string of the molecule is CCOC(=O)/C(=C\c1cccnc1)CCC(C)=O. The number of aromatic nitrogens is 1. The lowest BCUT2D eigenvalue weighted by molar-refractivity contribution is -0.138. The Morgan fingerprint density at radius 2 is 2.17 bits per heavy atom. The molecular weight excluding hydrogens is 230 g/mol. The Morgan fingerprint density at radius 3 is 2.72 bits per heavy atom. The van der Waals surface area contributed by atoms with E-state index in [0.717, 1.165) is 5.56 Å².